The van der Waals surface area contributed by atoms with Crippen LogP contribution in [0.25, 0.3) is 6.08 Å². The Morgan fingerprint density at radius 1 is 1.22 bits per heavy atom. The molecule has 2 rings (SSSR count). The van der Waals surface area contributed by atoms with E-state index in [4.69, 9.17) is 19.5 Å². The Kier molecular flexibility index (Phi) is 9.39. The SMILES string of the molecule is COc1cc(/C=C/C(=O)OCC(=O)c2ccc(CCNS(C)(=O)=O)s2)ccc1OCC#N. The molecule has 0 aliphatic carbocycles. The highest BCUT2D eigenvalue weighted by molar-refractivity contribution is 7.88. The van der Waals surface area contributed by atoms with Crippen molar-refractivity contribution in [1.82, 2.24) is 4.72 Å². The number of carbonyl (C=O) groups is 2. The average Bonchev–Trinajstić information content (AvgIpc) is 3.22. The lowest BCUT2D eigenvalue weighted by atomic mass is 10.2. The maximum atomic E-state index is 12.2. The fourth-order valence-corrected chi connectivity index (χ4v) is 3.86. The Bertz CT molecular complexity index is 1130. The Balaban J connectivity index is 1.85. The molecule has 0 atom stereocenters. The number of sulfonamides is 1. The zero-order chi connectivity index (χ0) is 23.6. The Morgan fingerprint density at radius 3 is 2.69 bits per heavy atom. The van der Waals surface area contributed by atoms with Gasteiger partial charge in [0.15, 0.2) is 24.7 Å². The quantitative estimate of drug-likeness (QED) is 0.279. The van der Waals surface area contributed by atoms with Gasteiger partial charge in [0.2, 0.25) is 15.8 Å². The van der Waals surface area contributed by atoms with E-state index >= 15 is 0 Å². The van der Waals surface area contributed by atoms with Crippen LogP contribution in [0.2, 0.25) is 0 Å². The van der Waals surface area contributed by atoms with Crippen molar-refractivity contribution >= 4 is 39.2 Å². The smallest absolute Gasteiger partial charge is 0.331 e. The van der Waals surface area contributed by atoms with Gasteiger partial charge in [0.1, 0.15) is 6.07 Å². The van der Waals surface area contributed by atoms with Crippen molar-refractivity contribution in [2.24, 2.45) is 0 Å². The van der Waals surface area contributed by atoms with Crippen molar-refractivity contribution in [2.75, 3.05) is 33.1 Å². The zero-order valence-electron chi connectivity index (χ0n) is 17.5. The molecule has 1 aromatic heterocycles. The molecule has 0 aliphatic rings. The number of thiophene rings is 1. The minimum Gasteiger partial charge on any atom is -0.493 e. The van der Waals surface area contributed by atoms with Gasteiger partial charge in [0.25, 0.3) is 0 Å². The third kappa shape index (κ3) is 8.50. The highest BCUT2D eigenvalue weighted by atomic mass is 32.2. The summed E-state index contributed by atoms with van der Waals surface area (Å²) in [4.78, 5) is 25.4. The van der Waals surface area contributed by atoms with Gasteiger partial charge >= 0.3 is 5.97 Å². The molecular weight excluding hydrogens is 456 g/mol. The van der Waals surface area contributed by atoms with Crippen LogP contribution in [0.5, 0.6) is 11.5 Å². The zero-order valence-corrected chi connectivity index (χ0v) is 19.1. The number of hydrogen-bond donors (Lipinski definition) is 1. The van der Waals surface area contributed by atoms with Crippen LogP contribution in [0.1, 0.15) is 20.1 Å². The summed E-state index contributed by atoms with van der Waals surface area (Å²) >= 11 is 1.22. The molecule has 0 unspecified atom stereocenters. The third-order valence-corrected chi connectivity index (χ3v) is 5.82. The normalized spacial score (nSPS) is 11.2. The van der Waals surface area contributed by atoms with Crippen molar-refractivity contribution in [3.8, 4) is 17.6 Å². The number of nitrogens with one attached hydrogen (secondary N) is 1. The molecule has 1 N–H and O–H groups in total. The minimum atomic E-state index is -3.26. The topological polar surface area (TPSA) is 132 Å². The number of methoxy groups -OCH3 is 1. The standard InChI is InChI=1S/C21H22N2O7S2/c1-28-19-13-15(3-6-18(19)29-12-10-22)4-8-21(25)30-14-17(24)20-7-5-16(31-20)9-11-23-32(2,26)27/h3-8,13,23H,9,11-12,14H2,1-2H3/b8-4+. The van der Waals surface area contributed by atoms with Crippen LogP contribution in [-0.4, -0.2) is 53.3 Å². The number of hydrogen-bond acceptors (Lipinski definition) is 9. The Morgan fingerprint density at radius 2 is 2.00 bits per heavy atom. The second-order valence-corrected chi connectivity index (χ2v) is 9.41. The van der Waals surface area contributed by atoms with E-state index in [0.717, 1.165) is 11.1 Å². The molecular formula is C21H22N2O7S2. The van der Waals surface area contributed by atoms with Crippen LogP contribution in [0.4, 0.5) is 0 Å². The molecule has 11 heteroatoms. The summed E-state index contributed by atoms with van der Waals surface area (Å²) < 4.78 is 40.0. The first-order valence-corrected chi connectivity index (χ1v) is 12.0. The molecule has 1 heterocycles. The first kappa shape index (κ1) is 25.1. The van der Waals surface area contributed by atoms with E-state index in [1.165, 1.54) is 30.6 Å². The average molecular weight is 479 g/mol. The van der Waals surface area contributed by atoms with Crippen molar-refractivity contribution in [3.63, 3.8) is 0 Å². The molecule has 170 valence electrons. The molecule has 0 radical (unpaired) electrons. The summed E-state index contributed by atoms with van der Waals surface area (Å²) in [6.07, 6.45) is 4.23. The van der Waals surface area contributed by atoms with E-state index in [2.05, 4.69) is 4.72 Å². The molecule has 0 saturated heterocycles. The second kappa shape index (κ2) is 12.0. The number of nitrogens with zero attached hydrogens (tertiary/aromatic N) is 1. The van der Waals surface area contributed by atoms with Crippen LogP contribution < -0.4 is 14.2 Å². The summed E-state index contributed by atoms with van der Waals surface area (Å²) in [5.41, 5.74) is 0.639. The fourth-order valence-electron chi connectivity index (χ4n) is 2.46. The van der Waals surface area contributed by atoms with E-state index in [9.17, 15) is 18.0 Å². The highest BCUT2D eigenvalue weighted by Gasteiger charge is 2.12. The summed E-state index contributed by atoms with van der Waals surface area (Å²) in [6, 6.07) is 10.1. The number of esters is 1. The predicted octanol–water partition coefficient (Wildman–Crippen LogP) is 2.19. The number of ketones is 1. The summed E-state index contributed by atoms with van der Waals surface area (Å²) in [5.74, 6) is -0.219. The van der Waals surface area contributed by atoms with E-state index in [1.54, 1.807) is 30.3 Å². The van der Waals surface area contributed by atoms with Crippen molar-refractivity contribution in [1.29, 1.82) is 5.26 Å². The molecule has 9 nitrogen and oxygen atoms in total. The van der Waals surface area contributed by atoms with Gasteiger partial charge in [0, 0.05) is 17.5 Å². The number of ether oxygens (including phenoxy) is 3. The maximum absolute atomic E-state index is 12.2. The van der Waals surface area contributed by atoms with Gasteiger partial charge < -0.3 is 14.2 Å². The predicted molar refractivity (Wildman–Crippen MR) is 119 cm³/mol. The van der Waals surface area contributed by atoms with Crippen LogP contribution in [0.15, 0.2) is 36.4 Å². The van der Waals surface area contributed by atoms with Gasteiger partial charge in [-0.15, -0.1) is 11.3 Å². The number of nitriles is 1. The Labute approximate surface area is 190 Å². The van der Waals surface area contributed by atoms with Crippen molar-refractivity contribution in [3.05, 3.63) is 51.7 Å². The fraction of sp³-hybridized carbons (Fsp3) is 0.286. The molecule has 32 heavy (non-hydrogen) atoms. The monoisotopic (exact) mass is 478 g/mol. The van der Waals surface area contributed by atoms with Crippen molar-refractivity contribution < 1.29 is 32.2 Å². The molecule has 1 aromatic carbocycles. The molecule has 0 spiro atoms. The number of Topliss-reactive ketones (excluding diaryl/α,β-unsaturated/α-hetero) is 1. The lowest BCUT2D eigenvalue weighted by Gasteiger charge is -2.08. The van der Waals surface area contributed by atoms with Crippen LogP contribution in [-0.2, 0) is 26.0 Å². The second-order valence-electron chi connectivity index (χ2n) is 6.40. The summed E-state index contributed by atoms with van der Waals surface area (Å²) in [7, 11) is -1.80. The Hall–Kier alpha value is -3.20. The molecule has 0 bridgehead atoms. The van der Waals surface area contributed by atoms with Gasteiger partial charge in [-0.1, -0.05) is 6.07 Å². The van der Waals surface area contributed by atoms with E-state index in [-0.39, 0.29) is 18.9 Å². The largest absolute Gasteiger partial charge is 0.493 e. The van der Waals surface area contributed by atoms with Gasteiger partial charge in [-0.05, 0) is 42.3 Å². The maximum Gasteiger partial charge on any atom is 0.331 e. The van der Waals surface area contributed by atoms with E-state index in [1.807, 2.05) is 6.07 Å². The molecule has 0 fully saturated rings. The van der Waals surface area contributed by atoms with Gasteiger partial charge in [-0.2, -0.15) is 5.26 Å². The summed E-state index contributed by atoms with van der Waals surface area (Å²) in [6.45, 7) is -0.285. The van der Waals surface area contributed by atoms with Gasteiger partial charge in [0.05, 0.1) is 18.2 Å². The number of carbonyl (C=O) groups excluding carboxylic acids is 2. The highest BCUT2D eigenvalue weighted by Crippen LogP contribution is 2.28. The van der Waals surface area contributed by atoms with Gasteiger partial charge in [-0.25, -0.2) is 17.9 Å². The first-order chi connectivity index (χ1) is 15.2. The summed E-state index contributed by atoms with van der Waals surface area (Å²) in [5, 5.41) is 8.59. The molecule has 0 amide bonds. The van der Waals surface area contributed by atoms with E-state index in [0.29, 0.717) is 28.4 Å². The number of rotatable bonds is 12. The van der Waals surface area contributed by atoms with Crippen LogP contribution in [0.3, 0.4) is 0 Å². The first-order valence-electron chi connectivity index (χ1n) is 9.31. The lowest BCUT2D eigenvalue weighted by Crippen LogP contribution is -2.24. The van der Waals surface area contributed by atoms with Crippen LogP contribution in [0, 0.1) is 11.3 Å². The van der Waals surface area contributed by atoms with Crippen molar-refractivity contribution in [2.45, 2.75) is 6.42 Å². The molecule has 0 saturated carbocycles. The minimum absolute atomic E-state index is 0.116. The molecule has 2 aromatic rings. The van der Waals surface area contributed by atoms with Crippen LogP contribution >= 0.6 is 11.3 Å². The lowest BCUT2D eigenvalue weighted by molar-refractivity contribution is -0.136. The van der Waals surface area contributed by atoms with Gasteiger partial charge in [-0.3, -0.25) is 4.79 Å². The number of benzene rings is 1. The molecule has 0 aliphatic heterocycles. The van der Waals surface area contributed by atoms with E-state index < -0.39 is 22.6 Å². The third-order valence-electron chi connectivity index (χ3n) is 3.91.